The number of ether oxygens (including phenoxy) is 1. The first-order chi connectivity index (χ1) is 19.3. The summed E-state index contributed by atoms with van der Waals surface area (Å²) in [6, 6.07) is 8.53. The maximum absolute atomic E-state index is 14.4. The van der Waals surface area contributed by atoms with Crippen molar-refractivity contribution in [1.82, 2.24) is 15.3 Å². The normalized spacial score (nSPS) is 22.3. The summed E-state index contributed by atoms with van der Waals surface area (Å²) in [5.41, 5.74) is 2.63. The van der Waals surface area contributed by atoms with Crippen LogP contribution in [0, 0.1) is 18.3 Å². The molecule has 0 unspecified atom stereocenters. The summed E-state index contributed by atoms with van der Waals surface area (Å²) in [7, 11) is 0. The Balaban J connectivity index is 1.33. The fourth-order valence-electron chi connectivity index (χ4n) is 6.10. The van der Waals surface area contributed by atoms with Crippen LogP contribution in [0.2, 0.25) is 5.02 Å². The second-order valence-corrected chi connectivity index (χ2v) is 11.3. The minimum Gasteiger partial charge on any atom is -0.462 e. The van der Waals surface area contributed by atoms with Crippen LogP contribution in [0.15, 0.2) is 30.3 Å². The van der Waals surface area contributed by atoms with E-state index in [0.29, 0.717) is 31.4 Å². The molecule has 7 nitrogen and oxygen atoms in total. The number of rotatable bonds is 6. The Morgan fingerprint density at radius 3 is 2.85 bits per heavy atom. The second-order valence-electron chi connectivity index (χ2n) is 10.9. The van der Waals surface area contributed by atoms with Crippen LogP contribution in [0.5, 0.6) is 6.01 Å². The lowest BCUT2D eigenvalue weighted by molar-refractivity contribution is 0.0194. The first-order valence-corrected chi connectivity index (χ1v) is 14.0. The molecule has 0 amide bonds. The number of hydrogen-bond donors (Lipinski definition) is 1. The monoisotopic (exact) mass is 570 g/mol. The lowest BCUT2D eigenvalue weighted by Crippen LogP contribution is -2.39. The lowest BCUT2D eigenvalue weighted by atomic mass is 9.96. The van der Waals surface area contributed by atoms with E-state index in [2.05, 4.69) is 20.0 Å². The Morgan fingerprint density at radius 2 is 2.05 bits per heavy atom. The van der Waals surface area contributed by atoms with Gasteiger partial charge in [-0.25, -0.2) is 19.7 Å². The predicted octanol–water partition coefficient (Wildman–Crippen LogP) is 5.50. The summed E-state index contributed by atoms with van der Waals surface area (Å²) in [4.78, 5) is 17.5. The van der Waals surface area contributed by atoms with Crippen LogP contribution in [0.4, 0.5) is 24.7 Å². The smallest absolute Gasteiger partial charge is 0.318 e. The third kappa shape index (κ3) is 5.37. The van der Waals surface area contributed by atoms with Gasteiger partial charge in [0.15, 0.2) is 0 Å². The lowest BCUT2D eigenvalue weighted by Gasteiger charge is -2.36. The standard InChI is InChI=1S/C29H30ClF3N6O/c1-34-13-18-4-3-10-39(14-18)27-21-9-11-38(24-6-2-5-19-7-8-22(31)26(30)25(19)24)15-23(21)36-28(37-27)40-16-20-12-29(32,33)17-35-20/h2,5-8,18,20,35H,3-4,9-17H2/t18-,20-/m0/s1. The number of benzene rings is 2. The van der Waals surface area contributed by atoms with Gasteiger partial charge in [0.1, 0.15) is 18.2 Å². The van der Waals surface area contributed by atoms with E-state index >= 15 is 0 Å². The molecule has 2 aromatic carbocycles. The minimum absolute atomic E-state index is 0.0378. The van der Waals surface area contributed by atoms with E-state index in [0.717, 1.165) is 54.1 Å². The zero-order valence-corrected chi connectivity index (χ0v) is 22.7. The fourth-order valence-corrected chi connectivity index (χ4v) is 6.37. The van der Waals surface area contributed by atoms with Gasteiger partial charge in [-0.2, -0.15) is 9.97 Å². The molecule has 2 atom stereocenters. The van der Waals surface area contributed by atoms with E-state index < -0.39 is 17.8 Å². The quantitative estimate of drug-likeness (QED) is 0.395. The molecular formula is C29H30ClF3N6O. The van der Waals surface area contributed by atoms with Crippen molar-refractivity contribution in [2.24, 2.45) is 5.92 Å². The maximum atomic E-state index is 14.4. The number of fused-ring (bicyclic) bond motifs is 2. The van der Waals surface area contributed by atoms with Crippen molar-refractivity contribution in [2.75, 3.05) is 49.1 Å². The molecule has 0 bridgehead atoms. The Labute approximate surface area is 236 Å². The van der Waals surface area contributed by atoms with Crippen LogP contribution in [0.1, 0.15) is 30.5 Å². The fraction of sp³-hybridized carbons (Fsp3) is 0.483. The van der Waals surface area contributed by atoms with Gasteiger partial charge in [-0.15, -0.1) is 0 Å². The molecule has 4 heterocycles. The number of halogens is 4. The van der Waals surface area contributed by atoms with Gasteiger partial charge in [0.05, 0.1) is 23.8 Å². The number of hydrogen-bond acceptors (Lipinski definition) is 6. The Bertz CT molecular complexity index is 1460. The summed E-state index contributed by atoms with van der Waals surface area (Å²) < 4.78 is 47.8. The van der Waals surface area contributed by atoms with Crippen molar-refractivity contribution < 1.29 is 17.9 Å². The van der Waals surface area contributed by atoms with Crippen molar-refractivity contribution in [3.8, 4) is 6.01 Å². The average molecular weight is 571 g/mol. The van der Waals surface area contributed by atoms with Gasteiger partial charge >= 0.3 is 6.01 Å². The molecule has 1 N–H and O–H groups in total. The SMILES string of the molecule is [C-]#[N+]C[C@@H]1CCCN(c2nc(OC[C@@H]3CC(F)(F)CN3)nc3c2CCN(c2cccc4ccc(F)c(Cl)c24)C3)C1. The first kappa shape index (κ1) is 26.9. The third-order valence-corrected chi connectivity index (χ3v) is 8.42. The Hall–Kier alpha value is -3.29. The van der Waals surface area contributed by atoms with E-state index in [1.54, 1.807) is 6.07 Å². The molecule has 0 radical (unpaired) electrons. The number of piperidine rings is 1. The van der Waals surface area contributed by atoms with Crippen LogP contribution in [0.25, 0.3) is 15.6 Å². The van der Waals surface area contributed by atoms with E-state index in [-0.39, 0.29) is 36.5 Å². The van der Waals surface area contributed by atoms with Crippen molar-refractivity contribution in [3.05, 3.63) is 63.8 Å². The van der Waals surface area contributed by atoms with Gasteiger partial charge < -0.3 is 24.7 Å². The maximum Gasteiger partial charge on any atom is 0.318 e. The van der Waals surface area contributed by atoms with Crippen LogP contribution in [-0.4, -0.2) is 61.3 Å². The Kier molecular flexibility index (Phi) is 7.36. The molecular weight excluding hydrogens is 541 g/mol. The molecule has 1 aromatic heterocycles. The average Bonchev–Trinajstić information content (AvgIpc) is 3.31. The Morgan fingerprint density at radius 1 is 1.18 bits per heavy atom. The van der Waals surface area contributed by atoms with Gasteiger partial charge in [0.25, 0.3) is 5.92 Å². The van der Waals surface area contributed by atoms with E-state index in [1.165, 1.54) is 6.07 Å². The van der Waals surface area contributed by atoms with Crippen molar-refractivity contribution in [3.63, 3.8) is 0 Å². The summed E-state index contributed by atoms with van der Waals surface area (Å²) in [5.74, 6) is -2.16. The topological polar surface area (TPSA) is 57.9 Å². The van der Waals surface area contributed by atoms with Crippen LogP contribution >= 0.6 is 11.6 Å². The highest BCUT2D eigenvalue weighted by Crippen LogP contribution is 2.38. The van der Waals surface area contributed by atoms with Gasteiger partial charge in [-0.1, -0.05) is 29.8 Å². The third-order valence-electron chi connectivity index (χ3n) is 8.05. The van der Waals surface area contributed by atoms with Crippen LogP contribution in [-0.2, 0) is 13.0 Å². The highest BCUT2D eigenvalue weighted by atomic mass is 35.5. The molecule has 0 aliphatic carbocycles. The molecule has 0 spiro atoms. The summed E-state index contributed by atoms with van der Waals surface area (Å²) >= 11 is 6.43. The van der Waals surface area contributed by atoms with Crippen LogP contribution in [0.3, 0.4) is 0 Å². The molecule has 210 valence electrons. The first-order valence-electron chi connectivity index (χ1n) is 13.6. The van der Waals surface area contributed by atoms with Gasteiger partial charge in [-0.3, -0.25) is 0 Å². The zero-order valence-electron chi connectivity index (χ0n) is 22.0. The van der Waals surface area contributed by atoms with Gasteiger partial charge in [0, 0.05) is 54.7 Å². The van der Waals surface area contributed by atoms with Crippen molar-refractivity contribution >= 4 is 33.9 Å². The molecule has 40 heavy (non-hydrogen) atoms. The number of anilines is 2. The van der Waals surface area contributed by atoms with E-state index in [9.17, 15) is 13.2 Å². The van der Waals surface area contributed by atoms with Crippen LogP contribution < -0.4 is 19.9 Å². The molecule has 2 saturated heterocycles. The molecule has 3 aromatic rings. The summed E-state index contributed by atoms with van der Waals surface area (Å²) in [6.07, 6.45) is 2.34. The molecule has 3 aliphatic rings. The van der Waals surface area contributed by atoms with E-state index in [4.69, 9.17) is 32.9 Å². The van der Waals surface area contributed by atoms with Crippen molar-refractivity contribution in [2.45, 2.75) is 44.2 Å². The van der Waals surface area contributed by atoms with E-state index in [1.807, 2.05) is 18.2 Å². The molecule has 0 saturated carbocycles. The summed E-state index contributed by atoms with van der Waals surface area (Å²) in [6.45, 7) is 10.1. The summed E-state index contributed by atoms with van der Waals surface area (Å²) in [5, 5.41) is 4.41. The largest absolute Gasteiger partial charge is 0.462 e. The molecule has 3 aliphatic heterocycles. The number of alkyl halides is 2. The highest BCUT2D eigenvalue weighted by Gasteiger charge is 2.39. The number of aromatic nitrogens is 2. The van der Waals surface area contributed by atoms with Crippen molar-refractivity contribution in [1.29, 1.82) is 0 Å². The predicted molar refractivity (Wildman–Crippen MR) is 149 cm³/mol. The molecule has 6 rings (SSSR count). The van der Waals surface area contributed by atoms with Gasteiger partial charge in [0.2, 0.25) is 6.54 Å². The second kappa shape index (κ2) is 10.9. The zero-order chi connectivity index (χ0) is 27.9. The molecule has 11 heteroatoms. The minimum atomic E-state index is -2.75. The highest BCUT2D eigenvalue weighted by molar-refractivity contribution is 6.36. The number of nitrogens with zero attached hydrogens (tertiary/aromatic N) is 5. The van der Waals surface area contributed by atoms with Gasteiger partial charge in [-0.05, 0) is 36.8 Å². The number of nitrogens with one attached hydrogen (secondary N) is 1. The molecule has 2 fully saturated rings.